The van der Waals surface area contributed by atoms with Crippen molar-refractivity contribution in [3.05, 3.63) is 188 Å². The van der Waals surface area contributed by atoms with E-state index >= 15 is 0 Å². The summed E-state index contributed by atoms with van der Waals surface area (Å²) >= 11 is 0. The molecular formula is C46H31NO. The smallest absolute Gasteiger partial charge is 0.143 e. The van der Waals surface area contributed by atoms with Crippen molar-refractivity contribution in [2.75, 3.05) is 4.90 Å². The van der Waals surface area contributed by atoms with E-state index in [1.54, 1.807) is 60.7 Å². The van der Waals surface area contributed by atoms with Gasteiger partial charge in [-0.25, -0.2) is 0 Å². The summed E-state index contributed by atoms with van der Waals surface area (Å²) in [5.41, 5.74) is 3.95. The summed E-state index contributed by atoms with van der Waals surface area (Å²) in [6.07, 6.45) is 0. The van der Waals surface area contributed by atoms with Gasteiger partial charge in [-0.15, -0.1) is 0 Å². The van der Waals surface area contributed by atoms with Crippen molar-refractivity contribution < 1.29 is 15.4 Å². The first kappa shape index (κ1) is 20.7. The molecule has 0 aliphatic carbocycles. The zero-order valence-electron chi connectivity index (χ0n) is 33.6. The van der Waals surface area contributed by atoms with E-state index in [0.717, 1.165) is 32.7 Å². The van der Waals surface area contributed by atoms with Gasteiger partial charge in [0.15, 0.2) is 0 Å². The highest BCUT2D eigenvalue weighted by Gasteiger charge is 2.21. The van der Waals surface area contributed by atoms with Crippen LogP contribution in [0.1, 0.15) is 11.0 Å². The highest BCUT2D eigenvalue weighted by atomic mass is 16.3. The lowest BCUT2D eigenvalue weighted by atomic mass is 9.93. The molecule has 0 aliphatic rings. The van der Waals surface area contributed by atoms with E-state index in [2.05, 4.69) is 0 Å². The highest BCUT2D eigenvalue weighted by molar-refractivity contribution is 6.19. The number of furan rings is 1. The summed E-state index contributed by atoms with van der Waals surface area (Å²) in [6.45, 7) is 0. The molecule has 1 aromatic heterocycles. The van der Waals surface area contributed by atoms with Gasteiger partial charge >= 0.3 is 0 Å². The maximum absolute atomic E-state index is 9.50. The Kier molecular flexibility index (Phi) is 5.07. The van der Waals surface area contributed by atoms with Crippen molar-refractivity contribution in [3.63, 3.8) is 0 Å². The Morgan fingerprint density at radius 3 is 1.52 bits per heavy atom. The van der Waals surface area contributed by atoms with Crippen LogP contribution in [0.3, 0.4) is 0 Å². The fourth-order valence-electron chi connectivity index (χ4n) is 6.35. The van der Waals surface area contributed by atoms with Gasteiger partial charge in [0, 0.05) is 33.1 Å². The van der Waals surface area contributed by atoms with Gasteiger partial charge in [-0.1, -0.05) is 145 Å². The normalized spacial score (nSPS) is 13.7. The van der Waals surface area contributed by atoms with E-state index in [1.165, 1.54) is 4.90 Å². The van der Waals surface area contributed by atoms with Crippen LogP contribution in [-0.2, 0) is 0 Å². The summed E-state index contributed by atoms with van der Waals surface area (Å²) in [7, 11) is 0. The molecule has 0 amide bonds. The van der Waals surface area contributed by atoms with Crippen LogP contribution >= 0.6 is 0 Å². The second kappa shape index (κ2) is 11.8. The maximum Gasteiger partial charge on any atom is 0.143 e. The molecule has 0 spiro atoms. The fourth-order valence-corrected chi connectivity index (χ4v) is 6.35. The average molecular weight is 622 g/mol. The molecule has 0 aliphatic heterocycles. The zero-order valence-corrected chi connectivity index (χ0v) is 25.6. The molecule has 0 saturated carbocycles. The fraction of sp³-hybridized carbons (Fsp3) is 0. The number of anilines is 3. The Labute approximate surface area is 291 Å². The number of benzene rings is 8. The van der Waals surface area contributed by atoms with Crippen LogP contribution in [-0.4, -0.2) is 0 Å². The second-order valence-electron chi connectivity index (χ2n) is 11.5. The maximum atomic E-state index is 9.50. The first-order valence-electron chi connectivity index (χ1n) is 19.7. The van der Waals surface area contributed by atoms with E-state index in [1.807, 2.05) is 78.9 Å². The summed E-state index contributed by atoms with van der Waals surface area (Å²) in [5, 5.41) is 3.47. The number of hydrogen-bond acceptors (Lipinski definition) is 2. The first-order chi connectivity index (χ1) is 27.2. The molecule has 226 valence electrons. The molecular weight excluding hydrogens is 583 g/mol. The summed E-state index contributed by atoms with van der Waals surface area (Å²) < 4.78 is 81.4. The van der Waals surface area contributed by atoms with Gasteiger partial charge in [0.1, 0.15) is 11.2 Å². The standard InChI is InChI=1S/C46H31NO/c1-3-13-32(14-4-1)34-23-27-36(28-24-34)47(37-29-25-35(26-30-37)33-15-5-2-6-16-33)44-21-11-9-18-39(44)42-31-43-40-19-10-12-22-45(40)48-46(43)41-20-8-7-17-38(41)42/h1-31H/i23D,24D,25D,26D,27D,28D,29D,30D. The largest absolute Gasteiger partial charge is 0.455 e. The third-order valence-corrected chi connectivity index (χ3v) is 8.62. The van der Waals surface area contributed by atoms with Crippen LogP contribution in [0.15, 0.2) is 192 Å². The van der Waals surface area contributed by atoms with Gasteiger partial charge in [0.25, 0.3) is 0 Å². The van der Waals surface area contributed by atoms with Crippen molar-refractivity contribution in [1.82, 2.24) is 0 Å². The van der Waals surface area contributed by atoms with Gasteiger partial charge in [-0.2, -0.15) is 0 Å². The molecule has 0 radical (unpaired) electrons. The minimum atomic E-state index is -0.398. The predicted molar refractivity (Wildman–Crippen MR) is 202 cm³/mol. The third-order valence-electron chi connectivity index (χ3n) is 8.62. The van der Waals surface area contributed by atoms with Crippen molar-refractivity contribution in [3.8, 4) is 33.4 Å². The summed E-state index contributed by atoms with van der Waals surface area (Å²) in [4.78, 5) is 1.38. The van der Waals surface area contributed by atoms with Gasteiger partial charge in [-0.3, -0.25) is 0 Å². The Hall–Kier alpha value is -6.38. The molecule has 0 unspecified atom stereocenters. The van der Waals surface area contributed by atoms with Gasteiger partial charge in [0.05, 0.1) is 16.7 Å². The molecule has 0 bridgehead atoms. The number of hydrogen-bond donors (Lipinski definition) is 0. The molecule has 0 saturated heterocycles. The van der Waals surface area contributed by atoms with Crippen LogP contribution in [0.2, 0.25) is 0 Å². The Morgan fingerprint density at radius 2 is 0.896 bits per heavy atom. The van der Waals surface area contributed by atoms with Crippen LogP contribution in [0.5, 0.6) is 0 Å². The number of rotatable bonds is 6. The topological polar surface area (TPSA) is 16.4 Å². The molecule has 1 heterocycles. The van der Waals surface area contributed by atoms with Crippen LogP contribution in [0.4, 0.5) is 17.1 Å². The molecule has 48 heavy (non-hydrogen) atoms. The highest BCUT2D eigenvalue weighted by Crippen LogP contribution is 2.46. The van der Waals surface area contributed by atoms with Gasteiger partial charge in [0.2, 0.25) is 0 Å². The Bertz CT molecular complexity index is 2850. The second-order valence-corrected chi connectivity index (χ2v) is 11.5. The van der Waals surface area contributed by atoms with Crippen LogP contribution < -0.4 is 4.90 Å². The minimum absolute atomic E-state index is 0.111. The molecule has 0 atom stereocenters. The van der Waals surface area contributed by atoms with E-state index in [-0.39, 0.29) is 46.7 Å². The molecule has 0 fully saturated rings. The van der Waals surface area contributed by atoms with E-state index in [9.17, 15) is 11.0 Å². The minimum Gasteiger partial charge on any atom is -0.455 e. The molecule has 9 rings (SSSR count). The average Bonchev–Trinajstić information content (AvgIpc) is 3.61. The van der Waals surface area contributed by atoms with Gasteiger partial charge < -0.3 is 9.32 Å². The Balaban J connectivity index is 1.40. The van der Waals surface area contributed by atoms with E-state index in [4.69, 9.17) is 4.42 Å². The lowest BCUT2D eigenvalue weighted by molar-refractivity contribution is 0.672. The molecule has 8 aromatic carbocycles. The lowest BCUT2D eigenvalue weighted by Gasteiger charge is -2.28. The van der Waals surface area contributed by atoms with E-state index in [0.29, 0.717) is 28.0 Å². The van der Waals surface area contributed by atoms with Crippen molar-refractivity contribution >= 4 is 49.8 Å². The molecule has 9 aromatic rings. The number of nitrogens with zero attached hydrogens (tertiary/aromatic N) is 1. The van der Waals surface area contributed by atoms with Crippen LogP contribution in [0, 0.1) is 0 Å². The molecule has 2 nitrogen and oxygen atoms in total. The number of fused-ring (bicyclic) bond motifs is 5. The van der Waals surface area contributed by atoms with Crippen molar-refractivity contribution in [1.29, 1.82) is 0 Å². The first-order valence-corrected chi connectivity index (χ1v) is 15.7. The summed E-state index contributed by atoms with van der Waals surface area (Å²) in [6, 6.07) is 39.7. The predicted octanol–water partition coefficient (Wildman–Crippen LogP) is 13.2. The lowest BCUT2D eigenvalue weighted by Crippen LogP contribution is -2.11. The van der Waals surface area contributed by atoms with Gasteiger partial charge in [-0.05, 0) is 75.6 Å². The van der Waals surface area contributed by atoms with Crippen molar-refractivity contribution in [2.24, 2.45) is 0 Å². The zero-order chi connectivity index (χ0) is 38.8. The molecule has 2 heteroatoms. The van der Waals surface area contributed by atoms with Crippen LogP contribution in [0.25, 0.3) is 66.1 Å². The van der Waals surface area contributed by atoms with Crippen molar-refractivity contribution in [2.45, 2.75) is 0 Å². The third kappa shape index (κ3) is 4.83. The number of para-hydroxylation sites is 2. The Morgan fingerprint density at radius 1 is 0.396 bits per heavy atom. The monoisotopic (exact) mass is 621 g/mol. The van der Waals surface area contributed by atoms with E-state index < -0.39 is 24.2 Å². The molecule has 0 N–H and O–H groups in total. The quantitative estimate of drug-likeness (QED) is 0.184. The SMILES string of the molecule is [2H]c1c([2H])c(N(c2ccccc2-c2cc3c4ccccc4oc3c3ccccc23)c2c([2H])c([2H])c(-c3ccccc3)c([2H])c2[2H])c([2H])c([2H])c1-c1ccccc1. The summed E-state index contributed by atoms with van der Waals surface area (Å²) in [5.74, 6) is 0.